The molecule has 148 valence electrons. The number of nitrogens with one attached hydrogen (secondary N) is 1. The monoisotopic (exact) mass is 394 g/mol. The van der Waals surface area contributed by atoms with Gasteiger partial charge in [-0.15, -0.1) is 0 Å². The first kappa shape index (κ1) is 16.7. The summed E-state index contributed by atoms with van der Waals surface area (Å²) in [4.78, 5) is 23.8. The molecule has 1 N–H and O–H groups in total. The Morgan fingerprint density at radius 3 is 3.17 bits per heavy atom. The first-order valence-corrected chi connectivity index (χ1v) is 9.86. The zero-order valence-corrected chi connectivity index (χ0v) is 15.6. The number of aromatic nitrogens is 4. The van der Waals surface area contributed by atoms with Crippen LogP contribution in [0.4, 0.5) is 10.2 Å². The Morgan fingerprint density at radius 2 is 2.28 bits per heavy atom. The molecule has 3 aromatic rings. The first-order chi connectivity index (χ1) is 14.2. The van der Waals surface area contributed by atoms with Gasteiger partial charge in [0.2, 0.25) is 5.88 Å². The summed E-state index contributed by atoms with van der Waals surface area (Å²) in [5, 5.41) is 7.13. The van der Waals surface area contributed by atoms with Crippen LogP contribution >= 0.6 is 0 Å². The van der Waals surface area contributed by atoms with Gasteiger partial charge >= 0.3 is 0 Å². The van der Waals surface area contributed by atoms with Gasteiger partial charge in [0.25, 0.3) is 5.91 Å². The average molecular weight is 394 g/mol. The third-order valence-electron chi connectivity index (χ3n) is 6.26. The van der Waals surface area contributed by atoms with Crippen molar-refractivity contribution >= 4 is 17.4 Å². The fourth-order valence-electron chi connectivity index (χ4n) is 4.83. The van der Waals surface area contributed by atoms with Crippen LogP contribution in [0, 0.1) is 11.7 Å². The van der Waals surface area contributed by atoms with Crippen LogP contribution in [-0.4, -0.2) is 45.2 Å². The summed E-state index contributed by atoms with van der Waals surface area (Å²) in [6.07, 6.45) is 7.06. The summed E-state index contributed by atoms with van der Waals surface area (Å²) in [6, 6.07) is 3.44. The van der Waals surface area contributed by atoms with E-state index in [0.29, 0.717) is 42.6 Å². The number of hydrogen-bond donors (Lipinski definition) is 1. The number of carbonyl (C=O) groups is 1. The third-order valence-corrected chi connectivity index (χ3v) is 6.26. The zero-order valence-electron chi connectivity index (χ0n) is 15.6. The van der Waals surface area contributed by atoms with Crippen LogP contribution in [0.3, 0.4) is 0 Å². The Labute approximate surface area is 165 Å². The topological polar surface area (TPSA) is 84.7 Å². The van der Waals surface area contributed by atoms with Gasteiger partial charge in [-0.05, 0) is 37.3 Å². The third kappa shape index (κ3) is 2.36. The molecule has 1 amide bonds. The van der Waals surface area contributed by atoms with E-state index in [4.69, 9.17) is 9.72 Å². The summed E-state index contributed by atoms with van der Waals surface area (Å²) >= 11 is 0. The number of carbonyl (C=O) groups excluding carboxylic acids is 1. The molecular weight excluding hydrogens is 375 g/mol. The van der Waals surface area contributed by atoms with Crippen molar-refractivity contribution in [2.45, 2.75) is 24.8 Å². The van der Waals surface area contributed by atoms with Crippen molar-refractivity contribution in [2.75, 3.05) is 24.6 Å². The molecule has 1 saturated carbocycles. The van der Waals surface area contributed by atoms with Crippen LogP contribution in [0.1, 0.15) is 35.2 Å². The predicted molar refractivity (Wildman–Crippen MR) is 101 cm³/mol. The molecule has 2 aliphatic heterocycles. The number of ether oxygens (including phenoxy) is 1. The second kappa shape index (κ2) is 5.88. The second-order valence-corrected chi connectivity index (χ2v) is 7.84. The van der Waals surface area contributed by atoms with E-state index in [1.807, 2.05) is 12.3 Å². The van der Waals surface area contributed by atoms with E-state index in [9.17, 15) is 9.18 Å². The Bertz CT molecular complexity index is 1150. The van der Waals surface area contributed by atoms with Crippen molar-refractivity contribution in [2.24, 2.45) is 5.92 Å². The molecule has 1 unspecified atom stereocenters. The van der Waals surface area contributed by atoms with Crippen LogP contribution in [0.15, 0.2) is 30.7 Å². The van der Waals surface area contributed by atoms with Crippen molar-refractivity contribution in [3.8, 4) is 5.88 Å². The van der Waals surface area contributed by atoms with Gasteiger partial charge in [-0.25, -0.2) is 18.9 Å². The van der Waals surface area contributed by atoms with Gasteiger partial charge < -0.3 is 15.0 Å². The first-order valence-electron chi connectivity index (χ1n) is 9.86. The van der Waals surface area contributed by atoms with Crippen molar-refractivity contribution < 1.29 is 13.9 Å². The lowest BCUT2D eigenvalue weighted by atomic mass is 10.0. The fraction of sp³-hybridized carbons (Fsp3) is 0.400. The van der Waals surface area contributed by atoms with Gasteiger partial charge in [-0.1, -0.05) is 0 Å². The summed E-state index contributed by atoms with van der Waals surface area (Å²) < 4.78 is 21.7. The lowest BCUT2D eigenvalue weighted by Crippen LogP contribution is -2.34. The van der Waals surface area contributed by atoms with E-state index < -0.39 is 0 Å². The second-order valence-electron chi connectivity index (χ2n) is 7.84. The average Bonchev–Trinajstić information content (AvgIpc) is 3.11. The summed E-state index contributed by atoms with van der Waals surface area (Å²) in [6.45, 7) is 1.64. The highest BCUT2D eigenvalue weighted by molar-refractivity contribution is 5.99. The summed E-state index contributed by atoms with van der Waals surface area (Å²) in [5.74, 6) is 1.05. The molecule has 1 saturated heterocycles. The van der Waals surface area contributed by atoms with E-state index >= 15 is 0 Å². The quantitative estimate of drug-likeness (QED) is 0.627. The number of amides is 1. The Balaban J connectivity index is 1.54. The molecule has 3 aromatic heterocycles. The van der Waals surface area contributed by atoms with Crippen LogP contribution in [0.5, 0.6) is 5.88 Å². The van der Waals surface area contributed by atoms with Crippen LogP contribution in [0.25, 0.3) is 5.65 Å². The molecule has 6 rings (SSSR count). The highest BCUT2D eigenvalue weighted by Crippen LogP contribution is 2.64. The van der Waals surface area contributed by atoms with Crippen LogP contribution in [-0.2, 0) is 5.54 Å². The fourth-order valence-corrected chi connectivity index (χ4v) is 4.83. The van der Waals surface area contributed by atoms with Crippen molar-refractivity contribution in [3.05, 3.63) is 47.7 Å². The molecule has 1 aliphatic carbocycles. The normalized spacial score (nSPS) is 25.6. The molecule has 1 spiro atoms. The zero-order chi connectivity index (χ0) is 19.6. The maximum absolute atomic E-state index is 14.2. The number of anilines is 1. The number of fused-ring (bicyclic) bond motifs is 3. The summed E-state index contributed by atoms with van der Waals surface area (Å²) in [5.41, 5.74) is 1.39. The smallest absolute Gasteiger partial charge is 0.256 e. The molecular formula is C20H19FN6O2. The Morgan fingerprint density at radius 1 is 1.34 bits per heavy atom. The van der Waals surface area contributed by atoms with Crippen molar-refractivity contribution in [3.63, 3.8) is 0 Å². The van der Waals surface area contributed by atoms with Crippen LogP contribution < -0.4 is 15.0 Å². The molecule has 8 nitrogen and oxygen atoms in total. The van der Waals surface area contributed by atoms with Crippen molar-refractivity contribution in [1.29, 1.82) is 0 Å². The number of hydrogen-bond acceptors (Lipinski definition) is 6. The van der Waals surface area contributed by atoms with Crippen molar-refractivity contribution in [1.82, 2.24) is 24.9 Å². The van der Waals surface area contributed by atoms with E-state index in [1.165, 1.54) is 12.4 Å². The largest absolute Gasteiger partial charge is 0.477 e. The van der Waals surface area contributed by atoms with Gasteiger partial charge in [-0.3, -0.25) is 4.79 Å². The number of piperidine rings is 1. The highest BCUT2D eigenvalue weighted by atomic mass is 19.1. The highest BCUT2D eigenvalue weighted by Gasteiger charge is 2.65. The molecule has 3 aliphatic rings. The Hall–Kier alpha value is -3.23. The number of nitrogens with zero attached hydrogens (tertiary/aromatic N) is 5. The Kier molecular flexibility index (Phi) is 3.39. The SMILES string of the molecule is O=C1NCCCOc2ncc(F)cc2[C@@]23CC2CCN3c2ccn3ncc1c3n2. The number of halogens is 1. The van der Waals surface area contributed by atoms with E-state index in [2.05, 4.69) is 20.3 Å². The maximum atomic E-state index is 14.2. The van der Waals surface area contributed by atoms with E-state index in [1.54, 1.807) is 10.6 Å². The molecule has 2 fully saturated rings. The number of rotatable bonds is 0. The predicted octanol–water partition coefficient (Wildman–Crippen LogP) is 1.90. The summed E-state index contributed by atoms with van der Waals surface area (Å²) in [7, 11) is 0. The molecule has 9 heteroatoms. The molecule has 0 aromatic carbocycles. The molecule has 0 radical (unpaired) electrons. The molecule has 2 bridgehead atoms. The lowest BCUT2D eigenvalue weighted by Gasteiger charge is -2.31. The minimum Gasteiger partial charge on any atom is -0.477 e. The van der Waals surface area contributed by atoms with E-state index in [-0.39, 0.29) is 17.3 Å². The lowest BCUT2D eigenvalue weighted by molar-refractivity contribution is 0.0953. The minimum absolute atomic E-state index is 0.206. The molecule has 29 heavy (non-hydrogen) atoms. The van der Waals surface area contributed by atoms with Gasteiger partial charge in [-0.2, -0.15) is 5.10 Å². The number of pyridine rings is 1. The standard InChI is InChI=1S/C20H19FN6O2/c21-13-8-15-19(23-10-13)29-7-1-4-22-18(28)14-11-24-27-6-3-16(25-17(14)27)26-5-2-12-9-20(12,15)26/h3,6,8,10-12H,1-2,4-5,7,9H2,(H,22,28)/t12?,20-/m1/s1. The maximum Gasteiger partial charge on any atom is 0.256 e. The molecule has 2 atom stereocenters. The minimum atomic E-state index is -0.367. The van der Waals surface area contributed by atoms with Gasteiger partial charge in [0.1, 0.15) is 17.2 Å². The molecule has 5 heterocycles. The van der Waals surface area contributed by atoms with Crippen LogP contribution in [0.2, 0.25) is 0 Å². The van der Waals surface area contributed by atoms with Gasteiger partial charge in [0.05, 0.1) is 24.5 Å². The van der Waals surface area contributed by atoms with E-state index in [0.717, 1.165) is 30.8 Å². The van der Waals surface area contributed by atoms with Gasteiger partial charge in [0.15, 0.2) is 5.65 Å². The van der Waals surface area contributed by atoms with Gasteiger partial charge in [0, 0.05) is 24.8 Å².